The van der Waals surface area contributed by atoms with Crippen molar-refractivity contribution in [2.24, 2.45) is 5.92 Å². The van der Waals surface area contributed by atoms with E-state index in [4.69, 9.17) is 5.73 Å². The summed E-state index contributed by atoms with van der Waals surface area (Å²) in [6.07, 6.45) is 5.32. The molecular weight excluding hydrogens is 228 g/mol. The molecule has 0 amide bonds. The highest BCUT2D eigenvalue weighted by Gasteiger charge is 2.17. The van der Waals surface area contributed by atoms with Gasteiger partial charge < -0.3 is 16.0 Å². The van der Waals surface area contributed by atoms with Gasteiger partial charge in [-0.2, -0.15) is 0 Å². The summed E-state index contributed by atoms with van der Waals surface area (Å²) in [6, 6.07) is 3.53. The van der Waals surface area contributed by atoms with E-state index in [-0.39, 0.29) is 5.56 Å². The van der Waals surface area contributed by atoms with E-state index in [9.17, 15) is 4.79 Å². The van der Waals surface area contributed by atoms with Crippen LogP contribution in [0.4, 0.5) is 11.4 Å². The number of aromatic nitrogens is 2. The first-order valence-electron chi connectivity index (χ1n) is 6.25. The molecule has 1 saturated carbocycles. The van der Waals surface area contributed by atoms with Gasteiger partial charge in [-0.1, -0.05) is 6.42 Å². The zero-order valence-corrected chi connectivity index (χ0v) is 10.1. The summed E-state index contributed by atoms with van der Waals surface area (Å²) >= 11 is 0. The Balaban J connectivity index is 1.91. The average Bonchev–Trinajstić information content (AvgIpc) is 2.29. The van der Waals surface area contributed by atoms with Crippen molar-refractivity contribution in [3.05, 3.63) is 28.8 Å². The van der Waals surface area contributed by atoms with E-state index in [2.05, 4.69) is 15.3 Å². The van der Waals surface area contributed by atoms with Gasteiger partial charge >= 0.3 is 0 Å². The summed E-state index contributed by atoms with van der Waals surface area (Å²) in [7, 11) is 0. The number of hydrogen-bond donors (Lipinski definition) is 3. The second-order valence-electron chi connectivity index (χ2n) is 4.87. The standard InChI is InChI=1S/C13H16N4O/c14-10-4-9-11(16-7-17-13(9)18)5-12(10)15-6-8-2-1-3-8/h4-5,7-8,15H,1-3,6,14H2,(H,16,17,18). The molecule has 0 radical (unpaired) electrons. The molecule has 1 aliphatic carbocycles. The number of hydrogen-bond acceptors (Lipinski definition) is 4. The molecule has 0 atom stereocenters. The van der Waals surface area contributed by atoms with Crippen LogP contribution >= 0.6 is 0 Å². The van der Waals surface area contributed by atoms with Crippen LogP contribution in [0.25, 0.3) is 10.9 Å². The Labute approximate surface area is 104 Å². The van der Waals surface area contributed by atoms with Crippen LogP contribution in [0.3, 0.4) is 0 Å². The van der Waals surface area contributed by atoms with Gasteiger partial charge in [0.15, 0.2) is 0 Å². The van der Waals surface area contributed by atoms with Crippen molar-refractivity contribution in [3.8, 4) is 0 Å². The molecule has 18 heavy (non-hydrogen) atoms. The third-order valence-corrected chi connectivity index (χ3v) is 3.62. The predicted octanol–water partition coefficient (Wildman–Crippen LogP) is 1.72. The highest BCUT2D eigenvalue weighted by atomic mass is 16.1. The number of H-pyrrole nitrogens is 1. The molecule has 0 aliphatic heterocycles. The van der Waals surface area contributed by atoms with Gasteiger partial charge in [-0.25, -0.2) is 4.98 Å². The number of nitrogens with one attached hydrogen (secondary N) is 2. The van der Waals surface area contributed by atoms with Crippen LogP contribution in [0.5, 0.6) is 0 Å². The summed E-state index contributed by atoms with van der Waals surface area (Å²) in [5.41, 5.74) is 7.94. The van der Waals surface area contributed by atoms with Gasteiger partial charge in [-0.05, 0) is 30.9 Å². The van der Waals surface area contributed by atoms with Gasteiger partial charge in [0, 0.05) is 6.54 Å². The molecule has 3 rings (SSSR count). The van der Waals surface area contributed by atoms with E-state index >= 15 is 0 Å². The van der Waals surface area contributed by atoms with Crippen molar-refractivity contribution in [1.82, 2.24) is 9.97 Å². The van der Waals surface area contributed by atoms with Crippen molar-refractivity contribution in [3.63, 3.8) is 0 Å². The Morgan fingerprint density at radius 3 is 3.00 bits per heavy atom. The quantitative estimate of drug-likeness (QED) is 0.718. The summed E-state index contributed by atoms with van der Waals surface area (Å²) in [5, 5.41) is 3.88. The summed E-state index contributed by atoms with van der Waals surface area (Å²) < 4.78 is 0. The highest BCUT2D eigenvalue weighted by Crippen LogP contribution is 2.28. The van der Waals surface area contributed by atoms with Gasteiger partial charge in [-0.15, -0.1) is 0 Å². The molecule has 1 aromatic heterocycles. The molecule has 0 unspecified atom stereocenters. The topological polar surface area (TPSA) is 83.8 Å². The first-order valence-corrected chi connectivity index (χ1v) is 6.25. The third kappa shape index (κ3) is 1.92. The van der Waals surface area contributed by atoms with Gasteiger partial charge in [0.05, 0.1) is 28.6 Å². The number of anilines is 2. The number of rotatable bonds is 3. The monoisotopic (exact) mass is 244 g/mol. The van der Waals surface area contributed by atoms with Crippen LogP contribution < -0.4 is 16.6 Å². The molecule has 1 fully saturated rings. The SMILES string of the molecule is Nc1cc2c(=O)[nH]cnc2cc1NCC1CCC1. The molecule has 5 heteroatoms. The van der Waals surface area contributed by atoms with Gasteiger partial charge in [-0.3, -0.25) is 4.79 Å². The lowest BCUT2D eigenvalue weighted by Gasteiger charge is -2.26. The molecule has 0 spiro atoms. The lowest BCUT2D eigenvalue weighted by atomic mass is 9.85. The highest BCUT2D eigenvalue weighted by molar-refractivity contribution is 5.88. The van der Waals surface area contributed by atoms with Crippen molar-refractivity contribution >= 4 is 22.3 Å². The molecule has 1 aromatic carbocycles. The minimum Gasteiger partial charge on any atom is -0.397 e. The fraction of sp³-hybridized carbons (Fsp3) is 0.385. The van der Waals surface area contributed by atoms with Crippen LogP contribution in [0.1, 0.15) is 19.3 Å². The van der Waals surface area contributed by atoms with Crippen LogP contribution in [0.15, 0.2) is 23.3 Å². The summed E-state index contributed by atoms with van der Waals surface area (Å²) in [5.74, 6) is 0.757. The van der Waals surface area contributed by atoms with Gasteiger partial charge in [0.25, 0.3) is 5.56 Å². The summed E-state index contributed by atoms with van der Waals surface area (Å²) in [4.78, 5) is 18.3. The average molecular weight is 244 g/mol. The predicted molar refractivity (Wildman–Crippen MR) is 72.6 cm³/mol. The van der Waals surface area contributed by atoms with E-state index < -0.39 is 0 Å². The van der Waals surface area contributed by atoms with Crippen LogP contribution in [0, 0.1) is 5.92 Å². The van der Waals surface area contributed by atoms with E-state index in [1.54, 1.807) is 6.07 Å². The summed E-state index contributed by atoms with van der Waals surface area (Å²) in [6.45, 7) is 0.943. The molecule has 94 valence electrons. The van der Waals surface area contributed by atoms with Crippen molar-refractivity contribution in [2.75, 3.05) is 17.6 Å². The molecule has 5 nitrogen and oxygen atoms in total. The van der Waals surface area contributed by atoms with Crippen LogP contribution in [0.2, 0.25) is 0 Å². The van der Waals surface area contributed by atoms with Gasteiger partial charge in [0.2, 0.25) is 0 Å². The number of aromatic amines is 1. The Morgan fingerprint density at radius 2 is 2.28 bits per heavy atom. The molecule has 1 heterocycles. The maximum atomic E-state index is 11.6. The van der Waals surface area contributed by atoms with E-state index in [0.717, 1.165) is 18.2 Å². The maximum absolute atomic E-state index is 11.6. The lowest BCUT2D eigenvalue weighted by Crippen LogP contribution is -2.21. The second-order valence-corrected chi connectivity index (χ2v) is 4.87. The Kier molecular flexibility index (Phi) is 2.66. The van der Waals surface area contributed by atoms with Crippen molar-refractivity contribution in [2.45, 2.75) is 19.3 Å². The maximum Gasteiger partial charge on any atom is 0.258 e. The molecule has 1 aliphatic rings. The Bertz CT molecular complexity index is 630. The lowest BCUT2D eigenvalue weighted by molar-refractivity contribution is 0.333. The minimum absolute atomic E-state index is 0.155. The fourth-order valence-corrected chi connectivity index (χ4v) is 2.24. The Hall–Kier alpha value is -2.04. The van der Waals surface area contributed by atoms with Crippen LogP contribution in [-0.4, -0.2) is 16.5 Å². The van der Waals surface area contributed by atoms with Crippen molar-refractivity contribution in [1.29, 1.82) is 0 Å². The molecule has 4 N–H and O–H groups in total. The molecule has 2 aromatic rings. The second kappa shape index (κ2) is 4.33. The normalized spacial score (nSPS) is 15.6. The molecule has 0 bridgehead atoms. The fourth-order valence-electron chi connectivity index (χ4n) is 2.24. The smallest absolute Gasteiger partial charge is 0.258 e. The first-order chi connectivity index (χ1) is 8.74. The van der Waals surface area contributed by atoms with Crippen molar-refractivity contribution < 1.29 is 0 Å². The number of fused-ring (bicyclic) bond motifs is 1. The Morgan fingerprint density at radius 1 is 1.44 bits per heavy atom. The number of nitrogens with zero attached hydrogens (tertiary/aromatic N) is 1. The number of nitrogen functional groups attached to an aromatic ring is 1. The zero-order valence-electron chi connectivity index (χ0n) is 10.1. The van der Waals surface area contributed by atoms with Gasteiger partial charge in [0.1, 0.15) is 0 Å². The third-order valence-electron chi connectivity index (χ3n) is 3.62. The zero-order chi connectivity index (χ0) is 12.5. The minimum atomic E-state index is -0.155. The number of benzene rings is 1. The van der Waals surface area contributed by atoms with E-state index in [1.165, 1.54) is 25.6 Å². The molecule has 0 saturated heterocycles. The van der Waals surface area contributed by atoms with E-state index in [1.807, 2.05) is 6.07 Å². The molecular formula is C13H16N4O. The first kappa shape index (κ1) is 11.1. The van der Waals surface area contributed by atoms with Crippen LogP contribution in [-0.2, 0) is 0 Å². The number of nitrogens with two attached hydrogens (primary N) is 1. The largest absolute Gasteiger partial charge is 0.397 e. The van der Waals surface area contributed by atoms with E-state index in [0.29, 0.717) is 16.6 Å².